The number of hydrogen-bond donors (Lipinski definition) is 3. The molecule has 0 aliphatic rings. The van der Waals surface area contributed by atoms with Crippen LogP contribution in [-0.4, -0.2) is 56.1 Å². The number of rotatable bonds is 9. The molecular formula is C13H26N2O5. The van der Waals surface area contributed by atoms with Gasteiger partial charge in [-0.1, -0.05) is 0 Å². The van der Waals surface area contributed by atoms with Crippen LogP contribution in [0.25, 0.3) is 0 Å². The van der Waals surface area contributed by atoms with Crippen LogP contribution in [-0.2, 0) is 14.3 Å². The van der Waals surface area contributed by atoms with Crippen LogP contribution >= 0.6 is 0 Å². The monoisotopic (exact) mass is 290 g/mol. The Morgan fingerprint density at radius 1 is 1.30 bits per heavy atom. The van der Waals surface area contributed by atoms with Gasteiger partial charge >= 0.3 is 6.09 Å². The summed E-state index contributed by atoms with van der Waals surface area (Å²) in [5.74, 6) is -0.470. The first kappa shape index (κ1) is 18.7. The number of amides is 2. The normalized spacial score (nSPS) is 12.7. The quantitative estimate of drug-likeness (QED) is 0.535. The van der Waals surface area contributed by atoms with E-state index < -0.39 is 30.3 Å². The SMILES string of the molecule is CNC(=O)C(CO)NC(=O)OC(C)(C)CCCCOC. The highest BCUT2D eigenvalue weighted by Gasteiger charge is 2.25. The minimum absolute atomic E-state index is 0.470. The predicted octanol–water partition coefficient (Wildman–Crippen LogP) is 0.415. The van der Waals surface area contributed by atoms with E-state index >= 15 is 0 Å². The van der Waals surface area contributed by atoms with Crippen molar-refractivity contribution in [1.82, 2.24) is 10.6 Å². The molecule has 0 radical (unpaired) electrons. The van der Waals surface area contributed by atoms with Crippen LogP contribution in [0.4, 0.5) is 4.79 Å². The second-order valence-corrected chi connectivity index (χ2v) is 5.09. The van der Waals surface area contributed by atoms with Crippen molar-refractivity contribution in [1.29, 1.82) is 0 Å². The van der Waals surface area contributed by atoms with Crippen LogP contribution in [0.1, 0.15) is 33.1 Å². The molecule has 0 fully saturated rings. The van der Waals surface area contributed by atoms with E-state index in [0.717, 1.165) is 12.8 Å². The lowest BCUT2D eigenvalue weighted by atomic mass is 10.0. The molecule has 3 N–H and O–H groups in total. The van der Waals surface area contributed by atoms with Crippen molar-refractivity contribution in [3.63, 3.8) is 0 Å². The number of carbonyl (C=O) groups is 2. The number of aliphatic hydroxyl groups excluding tert-OH is 1. The third-order valence-electron chi connectivity index (χ3n) is 2.78. The molecule has 0 spiro atoms. The summed E-state index contributed by atoms with van der Waals surface area (Å²) < 4.78 is 10.2. The summed E-state index contributed by atoms with van der Waals surface area (Å²) in [6.45, 7) is 3.79. The third kappa shape index (κ3) is 7.96. The largest absolute Gasteiger partial charge is 0.444 e. The molecule has 0 aliphatic carbocycles. The van der Waals surface area contributed by atoms with Gasteiger partial charge in [-0.2, -0.15) is 0 Å². The molecule has 20 heavy (non-hydrogen) atoms. The number of likely N-dealkylation sites (N-methyl/N-ethyl adjacent to an activating group) is 1. The fraction of sp³-hybridized carbons (Fsp3) is 0.846. The maximum atomic E-state index is 11.7. The Morgan fingerprint density at radius 2 is 1.95 bits per heavy atom. The Bertz CT molecular complexity index is 307. The van der Waals surface area contributed by atoms with E-state index in [1.807, 2.05) is 0 Å². The molecule has 0 aromatic carbocycles. The molecule has 118 valence electrons. The molecule has 0 aliphatic heterocycles. The number of unbranched alkanes of at least 4 members (excludes halogenated alkanes) is 1. The summed E-state index contributed by atoms with van der Waals surface area (Å²) in [5, 5.41) is 13.7. The number of aliphatic hydroxyl groups is 1. The standard InChI is InChI=1S/C13H26N2O5/c1-13(2,7-5-6-8-19-4)20-12(18)15-10(9-16)11(17)14-3/h10,16H,5-9H2,1-4H3,(H,14,17)(H,15,18). The minimum atomic E-state index is -1.00. The highest BCUT2D eigenvalue weighted by Crippen LogP contribution is 2.18. The Hall–Kier alpha value is -1.34. The van der Waals surface area contributed by atoms with E-state index in [1.165, 1.54) is 7.05 Å². The van der Waals surface area contributed by atoms with Crippen molar-refractivity contribution in [3.8, 4) is 0 Å². The Kier molecular flexibility index (Phi) is 8.91. The van der Waals surface area contributed by atoms with Crippen LogP contribution in [0.5, 0.6) is 0 Å². The molecule has 0 saturated heterocycles. The summed E-state index contributed by atoms with van der Waals surface area (Å²) >= 11 is 0. The van der Waals surface area contributed by atoms with Gasteiger partial charge in [-0.25, -0.2) is 4.79 Å². The van der Waals surface area contributed by atoms with Gasteiger partial charge in [0, 0.05) is 20.8 Å². The van der Waals surface area contributed by atoms with Gasteiger partial charge in [0.1, 0.15) is 11.6 Å². The van der Waals surface area contributed by atoms with Crippen molar-refractivity contribution < 1.29 is 24.2 Å². The van der Waals surface area contributed by atoms with Crippen molar-refractivity contribution in [2.45, 2.75) is 44.8 Å². The third-order valence-corrected chi connectivity index (χ3v) is 2.78. The van der Waals surface area contributed by atoms with Gasteiger partial charge in [-0.15, -0.1) is 0 Å². The first-order valence-corrected chi connectivity index (χ1v) is 6.67. The van der Waals surface area contributed by atoms with Gasteiger partial charge in [0.25, 0.3) is 0 Å². The predicted molar refractivity (Wildman–Crippen MR) is 74.4 cm³/mol. The van der Waals surface area contributed by atoms with Crippen molar-refractivity contribution in [2.24, 2.45) is 0 Å². The zero-order valence-corrected chi connectivity index (χ0v) is 12.7. The highest BCUT2D eigenvalue weighted by molar-refractivity contribution is 5.85. The number of alkyl carbamates (subject to hydrolysis) is 1. The summed E-state index contributed by atoms with van der Waals surface area (Å²) in [6, 6.07) is -1.00. The molecule has 1 unspecified atom stereocenters. The molecule has 0 saturated carbocycles. The second kappa shape index (κ2) is 9.55. The second-order valence-electron chi connectivity index (χ2n) is 5.09. The van der Waals surface area contributed by atoms with E-state index in [4.69, 9.17) is 14.6 Å². The number of ether oxygens (including phenoxy) is 2. The van der Waals surface area contributed by atoms with Gasteiger partial charge in [-0.05, 0) is 33.1 Å². The molecule has 0 aromatic heterocycles. The molecular weight excluding hydrogens is 264 g/mol. The minimum Gasteiger partial charge on any atom is -0.444 e. The fourth-order valence-corrected chi connectivity index (χ4v) is 1.64. The lowest BCUT2D eigenvalue weighted by molar-refractivity contribution is -0.123. The van der Waals surface area contributed by atoms with Crippen LogP contribution in [0.2, 0.25) is 0 Å². The summed E-state index contributed by atoms with van der Waals surface area (Å²) in [7, 11) is 3.07. The number of methoxy groups -OCH3 is 1. The number of hydrogen-bond acceptors (Lipinski definition) is 5. The Morgan fingerprint density at radius 3 is 2.45 bits per heavy atom. The number of nitrogens with one attached hydrogen (secondary N) is 2. The summed E-state index contributed by atoms with van der Waals surface area (Å²) in [5.41, 5.74) is -0.638. The molecule has 0 rings (SSSR count). The number of carbonyl (C=O) groups excluding carboxylic acids is 2. The lowest BCUT2D eigenvalue weighted by Crippen LogP contribution is -2.49. The Balaban J connectivity index is 4.18. The summed E-state index contributed by atoms with van der Waals surface area (Å²) in [6.07, 6.45) is 1.73. The molecule has 0 bridgehead atoms. The van der Waals surface area contributed by atoms with E-state index in [9.17, 15) is 9.59 Å². The van der Waals surface area contributed by atoms with Crippen molar-refractivity contribution >= 4 is 12.0 Å². The van der Waals surface area contributed by atoms with Crippen molar-refractivity contribution in [2.75, 3.05) is 27.4 Å². The molecule has 2 amide bonds. The average molecular weight is 290 g/mol. The first-order valence-electron chi connectivity index (χ1n) is 6.67. The topological polar surface area (TPSA) is 96.9 Å². The molecule has 1 atom stereocenters. The fourth-order valence-electron chi connectivity index (χ4n) is 1.64. The highest BCUT2D eigenvalue weighted by atomic mass is 16.6. The maximum absolute atomic E-state index is 11.7. The van der Waals surface area contributed by atoms with E-state index in [2.05, 4.69) is 10.6 Å². The van der Waals surface area contributed by atoms with Gasteiger partial charge in [-0.3, -0.25) is 4.79 Å². The molecule has 7 heteroatoms. The maximum Gasteiger partial charge on any atom is 0.408 e. The van der Waals surface area contributed by atoms with Gasteiger partial charge < -0.3 is 25.2 Å². The smallest absolute Gasteiger partial charge is 0.408 e. The molecule has 0 aromatic rings. The first-order chi connectivity index (χ1) is 9.36. The van der Waals surface area contributed by atoms with Gasteiger partial charge in [0.05, 0.1) is 6.61 Å². The molecule has 0 heterocycles. The van der Waals surface area contributed by atoms with E-state index in [1.54, 1.807) is 21.0 Å². The van der Waals surface area contributed by atoms with E-state index in [-0.39, 0.29) is 0 Å². The van der Waals surface area contributed by atoms with E-state index in [0.29, 0.717) is 13.0 Å². The van der Waals surface area contributed by atoms with Crippen LogP contribution in [0, 0.1) is 0 Å². The zero-order chi connectivity index (χ0) is 15.6. The average Bonchev–Trinajstić information content (AvgIpc) is 2.39. The Labute approximate surface area is 120 Å². The van der Waals surface area contributed by atoms with Gasteiger partial charge in [0.2, 0.25) is 5.91 Å². The van der Waals surface area contributed by atoms with Crippen LogP contribution in [0.3, 0.4) is 0 Å². The van der Waals surface area contributed by atoms with Crippen LogP contribution < -0.4 is 10.6 Å². The lowest BCUT2D eigenvalue weighted by Gasteiger charge is -2.26. The molecule has 7 nitrogen and oxygen atoms in total. The van der Waals surface area contributed by atoms with Gasteiger partial charge in [0.15, 0.2) is 0 Å². The zero-order valence-electron chi connectivity index (χ0n) is 12.7. The van der Waals surface area contributed by atoms with Crippen molar-refractivity contribution in [3.05, 3.63) is 0 Å². The summed E-state index contributed by atoms with van der Waals surface area (Å²) in [4.78, 5) is 23.0. The van der Waals surface area contributed by atoms with Crippen LogP contribution in [0.15, 0.2) is 0 Å².